The van der Waals surface area contributed by atoms with Crippen LogP contribution in [0.15, 0.2) is 48.5 Å². The van der Waals surface area contributed by atoms with Gasteiger partial charge < -0.3 is 10.2 Å². The molecule has 4 amide bonds. The summed E-state index contributed by atoms with van der Waals surface area (Å²) in [5.74, 6) is -0.0706. The fourth-order valence-corrected chi connectivity index (χ4v) is 4.58. The van der Waals surface area contributed by atoms with Crippen LogP contribution < -0.4 is 5.32 Å². The van der Waals surface area contributed by atoms with E-state index in [0.717, 1.165) is 30.1 Å². The van der Waals surface area contributed by atoms with E-state index >= 15 is 0 Å². The first-order valence-corrected chi connectivity index (χ1v) is 12.0. The molecular weight excluding hydrogens is 428 g/mol. The molecule has 2 aromatic rings. The number of hydrogen-bond donors (Lipinski definition) is 1. The van der Waals surface area contributed by atoms with Crippen LogP contribution in [0.2, 0.25) is 0 Å². The van der Waals surface area contributed by atoms with Crippen LogP contribution in [0.25, 0.3) is 0 Å². The number of piperazine rings is 1. The molecule has 0 saturated carbocycles. The van der Waals surface area contributed by atoms with Crippen molar-refractivity contribution in [2.45, 2.75) is 45.7 Å². The Morgan fingerprint density at radius 3 is 2.18 bits per heavy atom. The number of carbonyl (C=O) groups is 3. The summed E-state index contributed by atoms with van der Waals surface area (Å²) >= 11 is 0. The summed E-state index contributed by atoms with van der Waals surface area (Å²) in [6.07, 6.45) is 0. The molecular formula is C27H34N4O3. The van der Waals surface area contributed by atoms with Crippen LogP contribution in [-0.2, 0) is 21.7 Å². The van der Waals surface area contributed by atoms with Gasteiger partial charge in [0.2, 0.25) is 5.91 Å². The molecule has 0 aromatic heterocycles. The van der Waals surface area contributed by atoms with Gasteiger partial charge in [0.1, 0.15) is 12.1 Å². The maximum atomic E-state index is 13.1. The molecule has 7 nitrogen and oxygen atoms in total. The van der Waals surface area contributed by atoms with Gasteiger partial charge in [-0.3, -0.25) is 19.4 Å². The summed E-state index contributed by atoms with van der Waals surface area (Å²) in [7, 11) is 0. The Labute approximate surface area is 201 Å². The van der Waals surface area contributed by atoms with Gasteiger partial charge in [-0.2, -0.15) is 0 Å². The molecule has 180 valence electrons. The molecule has 7 heteroatoms. The molecule has 0 aliphatic carbocycles. The zero-order valence-corrected chi connectivity index (χ0v) is 20.5. The maximum Gasteiger partial charge on any atom is 0.325 e. The molecule has 2 aromatic carbocycles. The van der Waals surface area contributed by atoms with Gasteiger partial charge in [0, 0.05) is 32.7 Å². The summed E-state index contributed by atoms with van der Waals surface area (Å²) in [5.41, 5.74) is 3.22. The summed E-state index contributed by atoms with van der Waals surface area (Å²) in [6.45, 7) is 11.3. The van der Waals surface area contributed by atoms with Crippen molar-refractivity contribution in [3.05, 3.63) is 70.8 Å². The quantitative estimate of drug-likeness (QED) is 0.669. The molecule has 34 heavy (non-hydrogen) atoms. The Hall–Kier alpha value is -3.19. The van der Waals surface area contributed by atoms with Gasteiger partial charge in [0.15, 0.2) is 0 Å². The number of nitrogens with one attached hydrogen (secondary N) is 1. The maximum absolute atomic E-state index is 13.1. The number of imide groups is 1. The highest BCUT2D eigenvalue weighted by Gasteiger charge is 2.49. The van der Waals surface area contributed by atoms with Gasteiger partial charge in [-0.15, -0.1) is 0 Å². The van der Waals surface area contributed by atoms with Gasteiger partial charge in [-0.1, -0.05) is 67.9 Å². The zero-order chi connectivity index (χ0) is 24.5. The predicted octanol–water partition coefficient (Wildman–Crippen LogP) is 3.23. The number of amides is 4. The summed E-state index contributed by atoms with van der Waals surface area (Å²) < 4.78 is 0. The van der Waals surface area contributed by atoms with Crippen molar-refractivity contribution in [2.75, 3.05) is 32.7 Å². The van der Waals surface area contributed by atoms with E-state index in [4.69, 9.17) is 0 Å². The van der Waals surface area contributed by atoms with Crippen LogP contribution in [0.3, 0.4) is 0 Å². The monoisotopic (exact) mass is 462 g/mol. The second-order valence-corrected chi connectivity index (χ2v) is 9.87. The number of benzene rings is 2. The molecule has 4 rings (SSSR count). The average molecular weight is 463 g/mol. The molecule has 1 unspecified atom stereocenters. The first kappa shape index (κ1) is 24.0. The fourth-order valence-electron chi connectivity index (χ4n) is 4.58. The molecule has 1 N–H and O–H groups in total. The Balaban J connectivity index is 1.32. The van der Waals surface area contributed by atoms with Crippen LogP contribution in [0.1, 0.15) is 48.9 Å². The van der Waals surface area contributed by atoms with E-state index < -0.39 is 17.5 Å². The SMILES string of the molecule is Cc1ccc(C2(C)NC(=O)N(CC(=O)N3CCN(Cc4ccc(C(C)C)cc4)CC3)C2=O)cc1. The Morgan fingerprint density at radius 1 is 0.971 bits per heavy atom. The topological polar surface area (TPSA) is 73.0 Å². The largest absolute Gasteiger partial charge is 0.339 e. The van der Waals surface area contributed by atoms with Crippen LogP contribution >= 0.6 is 0 Å². The molecule has 2 saturated heterocycles. The number of urea groups is 1. The standard InChI is InChI=1S/C27H34N4O3/c1-19(2)22-9-7-21(8-10-22)17-29-13-15-30(16-14-29)24(32)18-31-25(33)27(4,28-26(31)34)23-11-5-20(3)6-12-23/h5-12,19H,13-18H2,1-4H3,(H,28,34). The number of carbonyl (C=O) groups excluding carboxylic acids is 3. The lowest BCUT2D eigenvalue weighted by molar-refractivity contribution is -0.139. The van der Waals surface area contributed by atoms with E-state index in [-0.39, 0.29) is 12.5 Å². The highest BCUT2D eigenvalue weighted by molar-refractivity contribution is 6.09. The second kappa shape index (κ2) is 9.58. The van der Waals surface area contributed by atoms with Crippen molar-refractivity contribution >= 4 is 17.8 Å². The molecule has 2 heterocycles. The highest BCUT2D eigenvalue weighted by Crippen LogP contribution is 2.29. The molecule has 0 bridgehead atoms. The van der Waals surface area contributed by atoms with Crippen molar-refractivity contribution in [2.24, 2.45) is 0 Å². The first-order valence-electron chi connectivity index (χ1n) is 12.0. The van der Waals surface area contributed by atoms with Crippen molar-refractivity contribution in [1.82, 2.24) is 20.0 Å². The second-order valence-electron chi connectivity index (χ2n) is 9.87. The third-order valence-electron chi connectivity index (χ3n) is 6.97. The van der Waals surface area contributed by atoms with E-state index in [1.54, 1.807) is 11.8 Å². The minimum absolute atomic E-state index is 0.197. The van der Waals surface area contributed by atoms with Crippen molar-refractivity contribution in [3.63, 3.8) is 0 Å². The van der Waals surface area contributed by atoms with Gasteiger partial charge in [-0.25, -0.2) is 4.79 Å². The molecule has 0 spiro atoms. The number of aryl methyl sites for hydroxylation is 1. The van der Waals surface area contributed by atoms with E-state index in [0.29, 0.717) is 24.6 Å². The highest BCUT2D eigenvalue weighted by atomic mass is 16.2. The predicted molar refractivity (Wildman–Crippen MR) is 131 cm³/mol. The minimum Gasteiger partial charge on any atom is -0.339 e. The van der Waals surface area contributed by atoms with E-state index in [1.807, 2.05) is 31.2 Å². The van der Waals surface area contributed by atoms with Crippen molar-refractivity contribution < 1.29 is 14.4 Å². The smallest absolute Gasteiger partial charge is 0.325 e. The third-order valence-corrected chi connectivity index (χ3v) is 6.97. The Morgan fingerprint density at radius 2 is 1.59 bits per heavy atom. The van der Waals surface area contributed by atoms with Crippen LogP contribution in [0, 0.1) is 6.92 Å². The molecule has 2 aliphatic heterocycles. The van der Waals surface area contributed by atoms with Crippen molar-refractivity contribution in [3.8, 4) is 0 Å². The fraction of sp³-hybridized carbons (Fsp3) is 0.444. The summed E-state index contributed by atoms with van der Waals surface area (Å²) in [6, 6.07) is 15.7. The molecule has 0 radical (unpaired) electrons. The molecule has 2 aliphatic rings. The lowest BCUT2D eigenvalue weighted by Gasteiger charge is -2.35. The summed E-state index contributed by atoms with van der Waals surface area (Å²) in [5, 5.41) is 2.78. The molecule has 1 atom stereocenters. The lowest BCUT2D eigenvalue weighted by Crippen LogP contribution is -2.51. The van der Waals surface area contributed by atoms with E-state index in [9.17, 15) is 14.4 Å². The zero-order valence-electron chi connectivity index (χ0n) is 20.5. The van der Waals surface area contributed by atoms with Crippen LogP contribution in [0.5, 0.6) is 0 Å². The number of rotatable bonds is 6. The van der Waals surface area contributed by atoms with Gasteiger partial charge >= 0.3 is 6.03 Å². The van der Waals surface area contributed by atoms with Crippen LogP contribution in [0.4, 0.5) is 4.79 Å². The summed E-state index contributed by atoms with van der Waals surface area (Å²) in [4.78, 5) is 43.8. The van der Waals surface area contributed by atoms with Crippen molar-refractivity contribution in [1.29, 1.82) is 0 Å². The van der Waals surface area contributed by atoms with Gasteiger partial charge in [0.05, 0.1) is 0 Å². The Bertz CT molecular complexity index is 1060. The number of hydrogen-bond acceptors (Lipinski definition) is 4. The number of nitrogens with zero attached hydrogens (tertiary/aromatic N) is 3. The van der Waals surface area contributed by atoms with Gasteiger partial charge in [-0.05, 0) is 36.5 Å². The lowest BCUT2D eigenvalue weighted by atomic mass is 9.91. The van der Waals surface area contributed by atoms with Gasteiger partial charge in [0.25, 0.3) is 5.91 Å². The third kappa shape index (κ3) is 4.85. The normalized spacial score (nSPS) is 21.3. The van der Waals surface area contributed by atoms with E-state index in [1.165, 1.54) is 11.1 Å². The first-order chi connectivity index (χ1) is 16.2. The van der Waals surface area contributed by atoms with Crippen LogP contribution in [-0.4, -0.2) is 65.3 Å². The minimum atomic E-state index is -1.16. The molecule has 2 fully saturated rings. The Kier molecular flexibility index (Phi) is 6.75. The average Bonchev–Trinajstić information content (AvgIpc) is 3.04. The van der Waals surface area contributed by atoms with E-state index in [2.05, 4.69) is 48.3 Å².